The van der Waals surface area contributed by atoms with Crippen molar-refractivity contribution in [2.75, 3.05) is 0 Å². The Kier molecular flexibility index (Phi) is 10.8. The number of hydrogen-bond acceptors (Lipinski definition) is 6. The molecule has 7 N–H and O–H groups in total. The van der Waals surface area contributed by atoms with Crippen molar-refractivity contribution >= 4 is 29.7 Å². The van der Waals surface area contributed by atoms with E-state index in [1.54, 1.807) is 6.92 Å². The van der Waals surface area contributed by atoms with Gasteiger partial charge in [0.25, 0.3) is 0 Å². The number of nitrogens with two attached hydrogens (primary N) is 1. The summed E-state index contributed by atoms with van der Waals surface area (Å²) in [5.41, 5.74) is 5.51. The zero-order valence-corrected chi connectivity index (χ0v) is 16.5. The van der Waals surface area contributed by atoms with E-state index in [9.17, 15) is 24.0 Å². The normalized spacial score (nSPS) is 16.0. The Balaban J connectivity index is 5.38. The van der Waals surface area contributed by atoms with Crippen LogP contribution in [0.2, 0.25) is 0 Å². The lowest BCUT2D eigenvalue weighted by atomic mass is 9.97. The number of hydrogen-bond donors (Lipinski definition) is 6. The molecule has 0 aromatic carbocycles. The van der Waals surface area contributed by atoms with Crippen LogP contribution in [0.15, 0.2) is 0 Å². The predicted molar refractivity (Wildman–Crippen MR) is 99.1 cm³/mol. The molecule has 0 aromatic rings. The van der Waals surface area contributed by atoms with Gasteiger partial charge in [0, 0.05) is 6.42 Å². The molecular formula is C17H30N4O7. The number of amides is 3. The molecule has 0 fully saturated rings. The number of carbonyl (C=O) groups is 5. The van der Waals surface area contributed by atoms with Crippen LogP contribution in [-0.2, 0) is 24.0 Å². The zero-order valence-electron chi connectivity index (χ0n) is 16.5. The third-order valence-corrected chi connectivity index (χ3v) is 4.22. The maximum absolute atomic E-state index is 12.7. The van der Waals surface area contributed by atoms with E-state index >= 15 is 0 Å². The first-order valence-electron chi connectivity index (χ1n) is 9.01. The Morgan fingerprint density at radius 1 is 0.893 bits per heavy atom. The van der Waals surface area contributed by atoms with Gasteiger partial charge < -0.3 is 31.9 Å². The SMILES string of the molecule is CCC(C)C(NC(=O)C(C)N)C(=O)NC(CCC(=O)O)C(=O)NC(C)C(=O)O. The fraction of sp³-hybridized carbons (Fsp3) is 0.706. The van der Waals surface area contributed by atoms with Gasteiger partial charge >= 0.3 is 11.9 Å². The minimum absolute atomic E-state index is 0.242. The summed E-state index contributed by atoms with van der Waals surface area (Å²) >= 11 is 0. The summed E-state index contributed by atoms with van der Waals surface area (Å²) in [6.07, 6.45) is -0.118. The molecule has 5 atom stereocenters. The monoisotopic (exact) mass is 402 g/mol. The van der Waals surface area contributed by atoms with E-state index in [4.69, 9.17) is 15.9 Å². The molecular weight excluding hydrogens is 372 g/mol. The van der Waals surface area contributed by atoms with Crippen LogP contribution in [0.5, 0.6) is 0 Å². The summed E-state index contributed by atoms with van der Waals surface area (Å²) in [5.74, 6) is -4.81. The van der Waals surface area contributed by atoms with Crippen molar-refractivity contribution in [3.05, 3.63) is 0 Å². The highest BCUT2D eigenvalue weighted by atomic mass is 16.4. The molecule has 0 heterocycles. The van der Waals surface area contributed by atoms with E-state index in [2.05, 4.69) is 16.0 Å². The molecule has 0 aliphatic carbocycles. The van der Waals surface area contributed by atoms with Crippen molar-refractivity contribution in [2.24, 2.45) is 11.7 Å². The van der Waals surface area contributed by atoms with E-state index in [1.165, 1.54) is 13.8 Å². The first kappa shape index (κ1) is 25.3. The highest BCUT2D eigenvalue weighted by molar-refractivity contribution is 5.94. The molecule has 0 aliphatic rings. The minimum atomic E-state index is -1.28. The molecule has 0 bridgehead atoms. The van der Waals surface area contributed by atoms with Crippen molar-refractivity contribution in [3.63, 3.8) is 0 Å². The van der Waals surface area contributed by atoms with Crippen LogP contribution in [0.1, 0.15) is 47.0 Å². The molecule has 0 radical (unpaired) electrons. The van der Waals surface area contributed by atoms with Crippen LogP contribution in [0.4, 0.5) is 0 Å². The average Bonchev–Trinajstić information content (AvgIpc) is 2.61. The number of aliphatic carboxylic acids is 2. The Bertz CT molecular complexity index is 594. The van der Waals surface area contributed by atoms with Gasteiger partial charge in [0.15, 0.2) is 0 Å². The Morgan fingerprint density at radius 3 is 1.89 bits per heavy atom. The molecule has 0 aliphatic heterocycles. The van der Waals surface area contributed by atoms with Gasteiger partial charge in [-0.05, 0) is 26.2 Å². The van der Waals surface area contributed by atoms with Gasteiger partial charge in [-0.3, -0.25) is 24.0 Å². The lowest BCUT2D eigenvalue weighted by Crippen LogP contribution is -2.58. The summed E-state index contributed by atoms with van der Waals surface area (Å²) in [6, 6.07) is -4.33. The van der Waals surface area contributed by atoms with Crippen LogP contribution in [-0.4, -0.2) is 64.0 Å². The van der Waals surface area contributed by atoms with Crippen molar-refractivity contribution < 1.29 is 34.2 Å². The summed E-state index contributed by atoms with van der Waals surface area (Å²) in [5, 5.41) is 24.9. The third kappa shape index (κ3) is 8.80. The van der Waals surface area contributed by atoms with Gasteiger partial charge in [0.05, 0.1) is 6.04 Å². The van der Waals surface area contributed by atoms with Crippen LogP contribution in [0, 0.1) is 5.92 Å². The molecule has 28 heavy (non-hydrogen) atoms. The van der Waals surface area contributed by atoms with Gasteiger partial charge in [0.1, 0.15) is 18.1 Å². The zero-order chi connectivity index (χ0) is 22.0. The number of nitrogens with one attached hydrogen (secondary N) is 3. The average molecular weight is 402 g/mol. The van der Waals surface area contributed by atoms with Crippen LogP contribution in [0.3, 0.4) is 0 Å². The second kappa shape index (κ2) is 11.9. The van der Waals surface area contributed by atoms with E-state index < -0.39 is 60.2 Å². The van der Waals surface area contributed by atoms with Crippen molar-refractivity contribution in [3.8, 4) is 0 Å². The lowest BCUT2D eigenvalue weighted by Gasteiger charge is -2.27. The highest BCUT2D eigenvalue weighted by Gasteiger charge is 2.31. The predicted octanol–water partition coefficient (Wildman–Crippen LogP) is -1.20. The van der Waals surface area contributed by atoms with Crippen LogP contribution < -0.4 is 21.7 Å². The topological polar surface area (TPSA) is 188 Å². The van der Waals surface area contributed by atoms with Crippen molar-refractivity contribution in [1.82, 2.24) is 16.0 Å². The maximum atomic E-state index is 12.7. The number of carbonyl (C=O) groups excluding carboxylic acids is 3. The number of carboxylic acids is 2. The first-order valence-corrected chi connectivity index (χ1v) is 9.01. The van der Waals surface area contributed by atoms with Gasteiger partial charge in [0.2, 0.25) is 17.7 Å². The largest absolute Gasteiger partial charge is 0.481 e. The molecule has 5 unspecified atom stereocenters. The molecule has 3 amide bonds. The van der Waals surface area contributed by atoms with Gasteiger partial charge in [-0.1, -0.05) is 20.3 Å². The third-order valence-electron chi connectivity index (χ3n) is 4.22. The van der Waals surface area contributed by atoms with E-state index in [-0.39, 0.29) is 12.3 Å². The number of rotatable bonds is 12. The van der Waals surface area contributed by atoms with E-state index in [0.717, 1.165) is 0 Å². The summed E-state index contributed by atoms with van der Waals surface area (Å²) in [6.45, 7) is 6.23. The summed E-state index contributed by atoms with van der Waals surface area (Å²) in [7, 11) is 0. The molecule has 11 nitrogen and oxygen atoms in total. The summed E-state index contributed by atoms with van der Waals surface area (Å²) < 4.78 is 0. The molecule has 0 saturated heterocycles. The van der Waals surface area contributed by atoms with E-state index in [0.29, 0.717) is 6.42 Å². The van der Waals surface area contributed by atoms with Crippen LogP contribution in [0.25, 0.3) is 0 Å². The molecule has 0 rings (SSSR count). The fourth-order valence-electron chi connectivity index (χ4n) is 2.16. The smallest absolute Gasteiger partial charge is 0.325 e. The molecule has 0 saturated carbocycles. The number of carboxylic acid groups (broad SMARTS) is 2. The molecule has 0 spiro atoms. The Hall–Kier alpha value is -2.69. The van der Waals surface area contributed by atoms with Crippen LogP contribution >= 0.6 is 0 Å². The second-order valence-electron chi connectivity index (χ2n) is 6.72. The molecule has 11 heteroatoms. The molecule has 0 aromatic heterocycles. The minimum Gasteiger partial charge on any atom is -0.481 e. The van der Waals surface area contributed by atoms with Crippen molar-refractivity contribution in [1.29, 1.82) is 0 Å². The molecule has 160 valence electrons. The van der Waals surface area contributed by atoms with Gasteiger partial charge in [-0.2, -0.15) is 0 Å². The fourth-order valence-corrected chi connectivity index (χ4v) is 2.16. The van der Waals surface area contributed by atoms with Gasteiger partial charge in [-0.25, -0.2) is 0 Å². The maximum Gasteiger partial charge on any atom is 0.325 e. The highest BCUT2D eigenvalue weighted by Crippen LogP contribution is 2.10. The first-order chi connectivity index (χ1) is 12.9. The standard InChI is InChI=1S/C17H30N4O7/c1-5-8(2)13(21-14(24)9(3)18)16(26)20-11(6-7-12(22)23)15(25)19-10(4)17(27)28/h8-11,13H,5-7,18H2,1-4H3,(H,19,25)(H,20,26)(H,21,24)(H,22,23)(H,27,28). The Labute approximate surface area is 163 Å². The van der Waals surface area contributed by atoms with Gasteiger partial charge in [-0.15, -0.1) is 0 Å². The van der Waals surface area contributed by atoms with E-state index in [1.807, 2.05) is 6.92 Å². The quantitative estimate of drug-likeness (QED) is 0.235. The van der Waals surface area contributed by atoms with Crippen molar-refractivity contribution in [2.45, 2.75) is 71.1 Å². The lowest BCUT2D eigenvalue weighted by molar-refractivity contribution is -0.142. The summed E-state index contributed by atoms with van der Waals surface area (Å²) in [4.78, 5) is 58.6. The second-order valence-corrected chi connectivity index (χ2v) is 6.72. The Morgan fingerprint density at radius 2 is 1.46 bits per heavy atom.